The monoisotopic (exact) mass is 419 g/mol. The quantitative estimate of drug-likeness (QED) is 0.699. The molecule has 0 heterocycles. The van der Waals surface area contributed by atoms with Crippen molar-refractivity contribution < 1.29 is 9.53 Å². The fourth-order valence-electron chi connectivity index (χ4n) is 2.57. The van der Waals surface area contributed by atoms with E-state index in [4.69, 9.17) is 4.74 Å². The summed E-state index contributed by atoms with van der Waals surface area (Å²) in [5.74, 6) is 0.785. The molecule has 0 fully saturated rings. The lowest BCUT2D eigenvalue weighted by Gasteiger charge is -2.24. The molecule has 26 heavy (non-hydrogen) atoms. The average Bonchev–Trinajstić information content (AvgIpc) is 2.64. The van der Waals surface area contributed by atoms with Crippen LogP contribution in [0.2, 0.25) is 0 Å². The van der Waals surface area contributed by atoms with Crippen molar-refractivity contribution in [3.8, 4) is 5.75 Å². The highest BCUT2D eigenvalue weighted by molar-refractivity contribution is 9.10. The maximum atomic E-state index is 12.8. The van der Waals surface area contributed by atoms with Crippen LogP contribution in [0.25, 0.3) is 0 Å². The van der Waals surface area contributed by atoms with Crippen LogP contribution in [0.3, 0.4) is 0 Å². The van der Waals surface area contributed by atoms with Gasteiger partial charge >= 0.3 is 6.03 Å². The molecule has 2 amide bonds. The van der Waals surface area contributed by atoms with Crippen LogP contribution in [0.1, 0.15) is 12.0 Å². The van der Waals surface area contributed by atoms with Crippen LogP contribution in [-0.4, -0.2) is 45.2 Å². The maximum Gasteiger partial charge on any atom is 0.322 e. The van der Waals surface area contributed by atoms with E-state index in [1.54, 1.807) is 12.0 Å². The molecule has 140 valence electrons. The van der Waals surface area contributed by atoms with Gasteiger partial charge in [0.2, 0.25) is 0 Å². The maximum absolute atomic E-state index is 12.8. The molecular weight excluding hydrogens is 394 g/mol. The number of hydrogen-bond acceptors (Lipinski definition) is 3. The molecule has 2 aromatic rings. The fourth-order valence-corrected chi connectivity index (χ4v) is 2.83. The van der Waals surface area contributed by atoms with Gasteiger partial charge in [-0.15, -0.1) is 0 Å². The summed E-state index contributed by atoms with van der Waals surface area (Å²) in [6.07, 6.45) is 0.898. The zero-order chi connectivity index (χ0) is 18.9. The van der Waals surface area contributed by atoms with E-state index in [1.165, 1.54) is 0 Å². The first-order valence-corrected chi connectivity index (χ1v) is 9.37. The molecule has 0 aliphatic heterocycles. The Morgan fingerprint density at radius 3 is 2.50 bits per heavy atom. The van der Waals surface area contributed by atoms with Gasteiger partial charge in [0.25, 0.3) is 0 Å². The van der Waals surface area contributed by atoms with Crippen LogP contribution in [0.15, 0.2) is 53.0 Å². The molecule has 5 nitrogen and oxygen atoms in total. The Hall–Kier alpha value is -2.05. The number of rotatable bonds is 8. The Bertz CT molecular complexity index is 704. The van der Waals surface area contributed by atoms with Gasteiger partial charge in [-0.2, -0.15) is 0 Å². The minimum atomic E-state index is -0.103. The number of amides is 2. The van der Waals surface area contributed by atoms with E-state index in [0.717, 1.165) is 34.4 Å². The van der Waals surface area contributed by atoms with Gasteiger partial charge in [0.1, 0.15) is 5.75 Å². The normalized spacial score (nSPS) is 10.7. The summed E-state index contributed by atoms with van der Waals surface area (Å²) in [6, 6.07) is 15.4. The van der Waals surface area contributed by atoms with Crippen LogP contribution < -0.4 is 15.0 Å². The van der Waals surface area contributed by atoms with Crippen molar-refractivity contribution in [3.63, 3.8) is 0 Å². The summed E-state index contributed by atoms with van der Waals surface area (Å²) in [4.78, 5) is 16.7. The van der Waals surface area contributed by atoms with Crippen molar-refractivity contribution in [1.29, 1.82) is 0 Å². The Morgan fingerprint density at radius 1 is 1.12 bits per heavy atom. The molecule has 0 saturated carbocycles. The van der Waals surface area contributed by atoms with E-state index in [-0.39, 0.29) is 6.03 Å². The molecule has 0 unspecified atom stereocenters. The zero-order valence-corrected chi connectivity index (χ0v) is 17.1. The Kier molecular flexibility index (Phi) is 7.94. The summed E-state index contributed by atoms with van der Waals surface area (Å²) < 4.78 is 6.22. The molecule has 6 heteroatoms. The first kappa shape index (κ1) is 20.3. The van der Waals surface area contributed by atoms with Gasteiger partial charge in [0.15, 0.2) is 0 Å². The highest BCUT2D eigenvalue weighted by Gasteiger charge is 2.15. The third-order valence-corrected chi connectivity index (χ3v) is 4.48. The highest BCUT2D eigenvalue weighted by Crippen LogP contribution is 2.19. The first-order valence-electron chi connectivity index (χ1n) is 8.58. The molecule has 0 saturated heterocycles. The topological polar surface area (TPSA) is 44.8 Å². The molecule has 0 aliphatic rings. The van der Waals surface area contributed by atoms with E-state index in [2.05, 4.69) is 26.1 Å². The Labute approximate surface area is 164 Å². The third kappa shape index (κ3) is 6.35. The number of urea groups is 1. The summed E-state index contributed by atoms with van der Waals surface area (Å²) in [5, 5.41) is 3.01. The summed E-state index contributed by atoms with van der Waals surface area (Å²) in [7, 11) is 5.71. The van der Waals surface area contributed by atoms with Gasteiger partial charge in [-0.3, -0.25) is 4.90 Å². The first-order chi connectivity index (χ1) is 12.5. The zero-order valence-electron chi connectivity index (χ0n) is 15.5. The molecule has 0 aromatic heterocycles. The average molecular weight is 420 g/mol. The SMILES string of the molecule is COc1cccc(CNC(=O)N(CCCN(C)C)c2ccc(Br)cc2)c1. The van der Waals surface area contributed by atoms with Gasteiger partial charge in [0.05, 0.1) is 7.11 Å². The van der Waals surface area contributed by atoms with Crippen molar-refractivity contribution in [2.24, 2.45) is 0 Å². The van der Waals surface area contributed by atoms with Crippen molar-refractivity contribution in [2.45, 2.75) is 13.0 Å². The second kappa shape index (κ2) is 10.2. The lowest BCUT2D eigenvalue weighted by molar-refractivity contribution is 0.245. The highest BCUT2D eigenvalue weighted by atomic mass is 79.9. The molecule has 0 bridgehead atoms. The number of halogens is 1. The number of methoxy groups -OCH3 is 1. The predicted octanol–water partition coefficient (Wildman–Crippen LogP) is 4.13. The number of anilines is 1. The molecular formula is C20H26BrN3O2. The second-order valence-corrected chi connectivity index (χ2v) is 7.21. The summed E-state index contributed by atoms with van der Waals surface area (Å²) in [5.41, 5.74) is 1.89. The molecule has 2 aromatic carbocycles. The third-order valence-electron chi connectivity index (χ3n) is 3.95. The predicted molar refractivity (Wildman–Crippen MR) is 110 cm³/mol. The number of nitrogens with one attached hydrogen (secondary N) is 1. The van der Waals surface area contributed by atoms with E-state index in [0.29, 0.717) is 13.1 Å². The molecule has 0 aliphatic carbocycles. The van der Waals surface area contributed by atoms with Gasteiger partial charge in [-0.1, -0.05) is 28.1 Å². The van der Waals surface area contributed by atoms with Gasteiger partial charge < -0.3 is 15.0 Å². The number of carbonyl (C=O) groups excluding carboxylic acids is 1. The number of hydrogen-bond donors (Lipinski definition) is 1. The van der Waals surface area contributed by atoms with Crippen molar-refractivity contribution >= 4 is 27.6 Å². The van der Waals surface area contributed by atoms with E-state index in [1.807, 2.05) is 62.6 Å². The fraction of sp³-hybridized carbons (Fsp3) is 0.350. The molecule has 2 rings (SSSR count). The largest absolute Gasteiger partial charge is 0.497 e. The minimum absolute atomic E-state index is 0.103. The van der Waals surface area contributed by atoms with Crippen molar-refractivity contribution in [2.75, 3.05) is 39.2 Å². The van der Waals surface area contributed by atoms with Crippen LogP contribution in [0.4, 0.5) is 10.5 Å². The van der Waals surface area contributed by atoms with Crippen LogP contribution >= 0.6 is 15.9 Å². The summed E-state index contributed by atoms with van der Waals surface area (Å²) in [6.45, 7) is 2.04. The van der Waals surface area contributed by atoms with E-state index < -0.39 is 0 Å². The number of nitrogens with zero attached hydrogens (tertiary/aromatic N) is 2. The smallest absolute Gasteiger partial charge is 0.322 e. The van der Waals surface area contributed by atoms with E-state index in [9.17, 15) is 4.79 Å². The standard InChI is InChI=1S/C20H26BrN3O2/c1-23(2)12-5-13-24(18-10-8-17(21)9-11-18)20(25)22-15-16-6-4-7-19(14-16)26-3/h4,6-11,14H,5,12-13,15H2,1-3H3,(H,22,25). The lowest BCUT2D eigenvalue weighted by Crippen LogP contribution is -2.41. The Morgan fingerprint density at radius 2 is 1.85 bits per heavy atom. The number of ether oxygens (including phenoxy) is 1. The van der Waals surface area contributed by atoms with Gasteiger partial charge in [-0.25, -0.2) is 4.79 Å². The molecule has 0 spiro atoms. The van der Waals surface area contributed by atoms with Crippen molar-refractivity contribution in [3.05, 3.63) is 58.6 Å². The molecule has 1 N–H and O–H groups in total. The minimum Gasteiger partial charge on any atom is -0.497 e. The van der Waals surface area contributed by atoms with Crippen LogP contribution in [-0.2, 0) is 6.54 Å². The van der Waals surface area contributed by atoms with Crippen LogP contribution in [0.5, 0.6) is 5.75 Å². The van der Waals surface area contributed by atoms with Gasteiger partial charge in [0, 0.05) is 23.2 Å². The molecule has 0 atom stereocenters. The molecule has 0 radical (unpaired) electrons. The lowest BCUT2D eigenvalue weighted by atomic mass is 10.2. The second-order valence-electron chi connectivity index (χ2n) is 6.30. The van der Waals surface area contributed by atoms with E-state index >= 15 is 0 Å². The van der Waals surface area contributed by atoms with Crippen LogP contribution in [0, 0.1) is 0 Å². The number of benzene rings is 2. The summed E-state index contributed by atoms with van der Waals surface area (Å²) >= 11 is 3.44. The Balaban J connectivity index is 2.04. The van der Waals surface area contributed by atoms with Gasteiger partial charge in [-0.05, 0) is 69.0 Å². The number of carbonyl (C=O) groups is 1. The van der Waals surface area contributed by atoms with Crippen molar-refractivity contribution in [1.82, 2.24) is 10.2 Å².